The summed E-state index contributed by atoms with van der Waals surface area (Å²) < 4.78 is 5.85. The second-order valence-electron chi connectivity index (χ2n) is 4.11. The molecule has 0 saturated carbocycles. The van der Waals surface area contributed by atoms with Gasteiger partial charge in [0.15, 0.2) is 0 Å². The molecule has 0 radical (unpaired) electrons. The fourth-order valence-corrected chi connectivity index (χ4v) is 3.22. The molecule has 2 aromatic carbocycles. The second kappa shape index (κ2) is 6.54. The zero-order valence-electron chi connectivity index (χ0n) is 10.3. The van der Waals surface area contributed by atoms with E-state index in [0.29, 0.717) is 31.9 Å². The van der Waals surface area contributed by atoms with Crippen LogP contribution in [0, 0.1) is 0 Å². The number of hydrogen-bond donors (Lipinski definition) is 1. The maximum absolute atomic E-state index is 10.4. The van der Waals surface area contributed by atoms with Crippen molar-refractivity contribution < 1.29 is 9.84 Å². The normalized spacial score (nSPS) is 12.3. The maximum atomic E-state index is 10.4. The molecule has 0 heterocycles. The Labute approximate surface area is 140 Å². The van der Waals surface area contributed by atoms with Gasteiger partial charge in [-0.05, 0) is 29.8 Å². The van der Waals surface area contributed by atoms with Crippen LogP contribution >= 0.6 is 50.7 Å². The van der Waals surface area contributed by atoms with Gasteiger partial charge in [0.05, 0.1) is 17.2 Å². The zero-order valence-corrected chi connectivity index (χ0v) is 14.2. The summed E-state index contributed by atoms with van der Waals surface area (Å²) in [4.78, 5) is 0. The third-order valence-electron chi connectivity index (χ3n) is 2.77. The SMILES string of the molecule is COc1cc(Cl)c(C(O)c2cc(Cl)cc(Br)c2)cc1Cl. The second-order valence-corrected chi connectivity index (χ2v) is 6.28. The Morgan fingerprint density at radius 2 is 1.75 bits per heavy atom. The number of aliphatic hydroxyl groups is 1. The van der Waals surface area contributed by atoms with Crippen LogP contribution in [0.25, 0.3) is 0 Å². The van der Waals surface area contributed by atoms with Crippen molar-refractivity contribution >= 4 is 50.7 Å². The van der Waals surface area contributed by atoms with E-state index >= 15 is 0 Å². The van der Waals surface area contributed by atoms with Gasteiger partial charge in [-0.1, -0.05) is 50.7 Å². The standard InChI is InChI=1S/C14H10BrCl3O2/c1-20-13-6-11(17)10(5-12(13)18)14(19)7-2-8(15)4-9(16)3-7/h2-6,14,19H,1H3. The van der Waals surface area contributed by atoms with Crippen molar-refractivity contribution in [2.24, 2.45) is 0 Å². The number of aliphatic hydroxyl groups excluding tert-OH is 1. The van der Waals surface area contributed by atoms with Crippen LogP contribution in [0.4, 0.5) is 0 Å². The molecule has 106 valence electrons. The van der Waals surface area contributed by atoms with Crippen LogP contribution in [-0.2, 0) is 0 Å². The van der Waals surface area contributed by atoms with E-state index in [9.17, 15) is 5.11 Å². The molecular formula is C14H10BrCl3O2. The summed E-state index contributed by atoms with van der Waals surface area (Å²) in [5, 5.41) is 11.7. The Balaban J connectivity index is 2.47. The fourth-order valence-electron chi connectivity index (χ4n) is 1.82. The predicted molar refractivity (Wildman–Crippen MR) is 86.2 cm³/mol. The van der Waals surface area contributed by atoms with E-state index in [2.05, 4.69) is 15.9 Å². The molecule has 0 bridgehead atoms. The Hall–Kier alpha value is -0.450. The van der Waals surface area contributed by atoms with Gasteiger partial charge in [-0.25, -0.2) is 0 Å². The van der Waals surface area contributed by atoms with Crippen molar-refractivity contribution in [2.75, 3.05) is 7.11 Å². The van der Waals surface area contributed by atoms with Gasteiger partial charge in [-0.2, -0.15) is 0 Å². The van der Waals surface area contributed by atoms with Crippen LogP contribution in [0.15, 0.2) is 34.8 Å². The molecule has 6 heteroatoms. The number of ether oxygens (including phenoxy) is 1. The maximum Gasteiger partial charge on any atom is 0.138 e. The Bertz CT molecular complexity index is 626. The molecule has 0 amide bonds. The van der Waals surface area contributed by atoms with Gasteiger partial charge in [0, 0.05) is 21.1 Å². The van der Waals surface area contributed by atoms with Crippen LogP contribution < -0.4 is 4.74 Å². The van der Waals surface area contributed by atoms with E-state index in [1.165, 1.54) is 7.11 Å². The van der Waals surface area contributed by atoms with Crippen LogP contribution in [0.5, 0.6) is 5.75 Å². The number of methoxy groups -OCH3 is 1. The highest BCUT2D eigenvalue weighted by atomic mass is 79.9. The molecule has 1 atom stereocenters. The minimum absolute atomic E-state index is 0.370. The largest absolute Gasteiger partial charge is 0.495 e. The lowest BCUT2D eigenvalue weighted by atomic mass is 10.0. The molecule has 1 N–H and O–H groups in total. The highest BCUT2D eigenvalue weighted by molar-refractivity contribution is 9.10. The first-order valence-electron chi connectivity index (χ1n) is 5.59. The number of rotatable bonds is 3. The van der Waals surface area contributed by atoms with E-state index in [-0.39, 0.29) is 0 Å². The van der Waals surface area contributed by atoms with Crippen LogP contribution in [0.2, 0.25) is 15.1 Å². The molecule has 0 aromatic heterocycles. The molecule has 1 unspecified atom stereocenters. The quantitative estimate of drug-likeness (QED) is 0.742. The van der Waals surface area contributed by atoms with Gasteiger partial charge in [0.25, 0.3) is 0 Å². The lowest BCUT2D eigenvalue weighted by Crippen LogP contribution is -2.01. The first-order chi connectivity index (χ1) is 9.42. The summed E-state index contributed by atoms with van der Waals surface area (Å²) in [7, 11) is 1.50. The Morgan fingerprint density at radius 1 is 1.05 bits per heavy atom. The topological polar surface area (TPSA) is 29.5 Å². The average molecular weight is 396 g/mol. The molecule has 2 rings (SSSR count). The summed E-state index contributed by atoms with van der Waals surface area (Å²) >= 11 is 21.5. The van der Waals surface area contributed by atoms with Crippen LogP contribution in [0.1, 0.15) is 17.2 Å². The van der Waals surface area contributed by atoms with Crippen molar-refractivity contribution in [3.8, 4) is 5.75 Å². The number of benzene rings is 2. The molecule has 0 spiro atoms. The summed E-state index contributed by atoms with van der Waals surface area (Å²) in [5.74, 6) is 0.458. The van der Waals surface area contributed by atoms with Gasteiger partial charge >= 0.3 is 0 Å². The van der Waals surface area contributed by atoms with E-state index < -0.39 is 6.10 Å². The fraction of sp³-hybridized carbons (Fsp3) is 0.143. The third-order valence-corrected chi connectivity index (χ3v) is 4.07. The van der Waals surface area contributed by atoms with Crippen LogP contribution in [-0.4, -0.2) is 12.2 Å². The molecule has 20 heavy (non-hydrogen) atoms. The van der Waals surface area contributed by atoms with Crippen molar-refractivity contribution in [1.82, 2.24) is 0 Å². The molecule has 2 nitrogen and oxygen atoms in total. The third kappa shape index (κ3) is 3.41. The minimum atomic E-state index is -0.930. The van der Waals surface area contributed by atoms with Crippen molar-refractivity contribution in [3.63, 3.8) is 0 Å². The summed E-state index contributed by atoms with van der Waals surface area (Å²) in [6.45, 7) is 0. The molecule has 0 saturated heterocycles. The molecule has 0 aliphatic carbocycles. The van der Waals surface area contributed by atoms with E-state index in [0.717, 1.165) is 4.47 Å². The highest BCUT2D eigenvalue weighted by Gasteiger charge is 2.17. The van der Waals surface area contributed by atoms with Gasteiger partial charge in [0.1, 0.15) is 11.9 Å². The van der Waals surface area contributed by atoms with Crippen molar-refractivity contribution in [2.45, 2.75) is 6.10 Å². The zero-order chi connectivity index (χ0) is 14.9. The summed E-state index contributed by atoms with van der Waals surface area (Å²) in [6.07, 6.45) is -0.930. The van der Waals surface area contributed by atoms with E-state index in [1.54, 1.807) is 30.3 Å². The monoisotopic (exact) mass is 394 g/mol. The lowest BCUT2D eigenvalue weighted by Gasteiger charge is -2.16. The Kier molecular flexibility index (Phi) is 5.21. The van der Waals surface area contributed by atoms with Gasteiger partial charge in [-0.3, -0.25) is 0 Å². The molecule has 0 aliphatic rings. The first kappa shape index (κ1) is 15.9. The molecule has 0 fully saturated rings. The van der Waals surface area contributed by atoms with Crippen molar-refractivity contribution in [3.05, 3.63) is 61.0 Å². The van der Waals surface area contributed by atoms with Gasteiger partial charge < -0.3 is 9.84 Å². The van der Waals surface area contributed by atoms with Crippen molar-refractivity contribution in [1.29, 1.82) is 0 Å². The van der Waals surface area contributed by atoms with Crippen LogP contribution in [0.3, 0.4) is 0 Å². The number of halogens is 4. The average Bonchev–Trinajstić information content (AvgIpc) is 2.39. The lowest BCUT2D eigenvalue weighted by molar-refractivity contribution is 0.220. The summed E-state index contributed by atoms with van der Waals surface area (Å²) in [5.41, 5.74) is 1.11. The first-order valence-corrected chi connectivity index (χ1v) is 7.52. The smallest absolute Gasteiger partial charge is 0.138 e. The predicted octanol–water partition coefficient (Wildman–Crippen LogP) is 5.50. The van der Waals surface area contributed by atoms with E-state index in [1.807, 2.05) is 0 Å². The van der Waals surface area contributed by atoms with E-state index in [4.69, 9.17) is 39.5 Å². The van der Waals surface area contributed by atoms with Gasteiger partial charge in [-0.15, -0.1) is 0 Å². The highest BCUT2D eigenvalue weighted by Crippen LogP contribution is 2.37. The molecule has 2 aromatic rings. The number of hydrogen-bond acceptors (Lipinski definition) is 2. The van der Waals surface area contributed by atoms with Gasteiger partial charge in [0.2, 0.25) is 0 Å². The Morgan fingerprint density at radius 3 is 2.35 bits per heavy atom. The summed E-state index contributed by atoms with van der Waals surface area (Å²) in [6, 6.07) is 8.33. The minimum Gasteiger partial charge on any atom is -0.495 e. The molecule has 0 aliphatic heterocycles. The molecular weight excluding hydrogens is 386 g/mol.